The van der Waals surface area contributed by atoms with E-state index in [9.17, 15) is 0 Å². The van der Waals surface area contributed by atoms with E-state index in [1.165, 1.54) is 64.4 Å². The van der Waals surface area contributed by atoms with E-state index in [4.69, 9.17) is 4.98 Å². The molecule has 6 rings (SSSR count). The Kier molecular flexibility index (Phi) is 5.23. The third kappa shape index (κ3) is 3.93. The average molecular weight is 476 g/mol. The number of pyridine rings is 1. The van der Waals surface area contributed by atoms with E-state index in [0.29, 0.717) is 5.92 Å². The Morgan fingerprint density at radius 3 is 2.46 bits per heavy atom. The molecule has 1 aromatic heterocycles. The van der Waals surface area contributed by atoms with Gasteiger partial charge < -0.3 is 0 Å². The lowest BCUT2D eigenvalue weighted by Crippen LogP contribution is -2.09. The van der Waals surface area contributed by atoms with Crippen molar-refractivity contribution >= 4 is 44.1 Å². The minimum absolute atomic E-state index is 0.266. The van der Waals surface area contributed by atoms with Crippen LogP contribution >= 0.6 is 11.8 Å². The zero-order chi connectivity index (χ0) is 24.5. The summed E-state index contributed by atoms with van der Waals surface area (Å²) >= 11 is 1.95. The van der Waals surface area contributed by atoms with Gasteiger partial charge in [-0.3, -0.25) is 4.98 Å². The van der Waals surface area contributed by atoms with Crippen LogP contribution in [0.5, 0.6) is 0 Å². The molecule has 1 aliphatic heterocycles. The second kappa shape index (κ2) is 8.10. The summed E-state index contributed by atoms with van der Waals surface area (Å²) in [6.45, 7) is 13.8. The van der Waals surface area contributed by atoms with Gasteiger partial charge in [0.05, 0.1) is 5.69 Å². The predicted octanol–water partition coefficient (Wildman–Crippen LogP) is 9.77. The van der Waals surface area contributed by atoms with Gasteiger partial charge in [0.1, 0.15) is 0 Å². The van der Waals surface area contributed by atoms with Gasteiger partial charge in [-0.1, -0.05) is 88.3 Å². The summed E-state index contributed by atoms with van der Waals surface area (Å²) in [5.74, 6) is 0.592. The zero-order valence-corrected chi connectivity index (χ0v) is 22.4. The second-order valence-electron chi connectivity index (χ2n) is 11.9. The van der Waals surface area contributed by atoms with Crippen molar-refractivity contribution in [1.29, 1.82) is 0 Å². The lowest BCUT2D eigenvalue weighted by atomic mass is 9.86. The number of aromatic nitrogens is 1. The van der Waals surface area contributed by atoms with Crippen LogP contribution < -0.4 is 0 Å². The van der Waals surface area contributed by atoms with E-state index >= 15 is 0 Å². The normalized spacial score (nSPS) is 13.2. The number of rotatable bonds is 3. The van der Waals surface area contributed by atoms with E-state index in [1.54, 1.807) is 0 Å². The van der Waals surface area contributed by atoms with E-state index in [1.807, 2.05) is 18.0 Å². The Bertz CT molecular complexity index is 1640. The summed E-state index contributed by atoms with van der Waals surface area (Å²) < 4.78 is 0. The minimum Gasteiger partial charge on any atom is -0.256 e. The summed E-state index contributed by atoms with van der Waals surface area (Å²) in [4.78, 5) is 7.73. The molecule has 35 heavy (non-hydrogen) atoms. The van der Waals surface area contributed by atoms with Crippen LogP contribution in [-0.4, -0.2) is 4.98 Å². The van der Waals surface area contributed by atoms with E-state index < -0.39 is 0 Å². The van der Waals surface area contributed by atoms with Crippen molar-refractivity contribution in [3.63, 3.8) is 0 Å². The summed E-state index contributed by atoms with van der Waals surface area (Å²) in [6.07, 6.45) is 4.16. The standard InChI is InChI=1S/C33H33NS/c1-19(2)13-27-24-10-7-20(3)14-23(24)16-28-31-30-25(11-12-34-31)26-15-21(18-33(4,5)6)8-9-22(26)17-29(30)35-32(27)28/h7-12,14-17,19H,13,18H2,1-6H3. The first-order valence-corrected chi connectivity index (χ1v) is 13.6. The van der Waals surface area contributed by atoms with Crippen molar-refractivity contribution in [1.82, 2.24) is 4.98 Å². The van der Waals surface area contributed by atoms with Crippen molar-refractivity contribution in [3.8, 4) is 11.3 Å². The predicted molar refractivity (Wildman–Crippen MR) is 153 cm³/mol. The maximum Gasteiger partial charge on any atom is 0.0803 e. The van der Waals surface area contributed by atoms with Gasteiger partial charge in [-0.25, -0.2) is 0 Å². The monoisotopic (exact) mass is 475 g/mol. The van der Waals surface area contributed by atoms with Crippen molar-refractivity contribution in [3.05, 3.63) is 77.5 Å². The first kappa shape index (κ1) is 22.6. The Balaban J connectivity index is 1.66. The second-order valence-corrected chi connectivity index (χ2v) is 13.0. The molecule has 2 heteroatoms. The van der Waals surface area contributed by atoms with Gasteiger partial charge in [-0.05, 0) is 87.4 Å². The topological polar surface area (TPSA) is 12.9 Å². The van der Waals surface area contributed by atoms with Gasteiger partial charge in [0.15, 0.2) is 0 Å². The van der Waals surface area contributed by atoms with Crippen molar-refractivity contribution in [2.24, 2.45) is 11.3 Å². The highest BCUT2D eigenvalue weighted by Gasteiger charge is 2.26. The molecule has 1 nitrogen and oxygen atoms in total. The Labute approximate surface area is 213 Å². The smallest absolute Gasteiger partial charge is 0.0803 e. The fourth-order valence-electron chi connectivity index (χ4n) is 5.71. The Morgan fingerprint density at radius 2 is 1.69 bits per heavy atom. The first-order chi connectivity index (χ1) is 16.7. The summed E-state index contributed by atoms with van der Waals surface area (Å²) in [7, 11) is 0. The third-order valence-electron chi connectivity index (χ3n) is 7.06. The van der Waals surface area contributed by atoms with Crippen LogP contribution in [0.2, 0.25) is 0 Å². The summed E-state index contributed by atoms with van der Waals surface area (Å²) in [5.41, 5.74) is 6.89. The lowest BCUT2D eigenvalue weighted by molar-refractivity contribution is 0.411. The Hall–Kier alpha value is -2.84. The lowest BCUT2D eigenvalue weighted by Gasteiger charge is -2.25. The van der Waals surface area contributed by atoms with Crippen molar-refractivity contribution in [2.75, 3.05) is 0 Å². The average Bonchev–Trinajstić information content (AvgIpc) is 2.78. The van der Waals surface area contributed by atoms with Gasteiger partial charge in [0.2, 0.25) is 0 Å². The molecule has 0 spiro atoms. The van der Waals surface area contributed by atoms with Gasteiger partial charge >= 0.3 is 0 Å². The van der Waals surface area contributed by atoms with Crippen molar-refractivity contribution < 1.29 is 0 Å². The molecular formula is C33H33NS. The third-order valence-corrected chi connectivity index (χ3v) is 8.27. The molecule has 0 unspecified atom stereocenters. The van der Waals surface area contributed by atoms with Crippen LogP contribution in [0.25, 0.3) is 43.6 Å². The molecule has 0 radical (unpaired) electrons. The number of hydrogen-bond donors (Lipinski definition) is 0. The van der Waals surface area contributed by atoms with Gasteiger partial charge in [0.25, 0.3) is 0 Å². The highest BCUT2D eigenvalue weighted by molar-refractivity contribution is 8.00. The molecule has 0 bridgehead atoms. The number of aryl methyl sites for hydroxylation is 1. The maximum absolute atomic E-state index is 5.00. The molecule has 0 fully saturated rings. The number of hydrogen-bond acceptors (Lipinski definition) is 2. The molecule has 176 valence electrons. The molecule has 5 aromatic rings. The molecule has 0 aliphatic carbocycles. The summed E-state index contributed by atoms with van der Waals surface area (Å²) in [6, 6.07) is 21.0. The summed E-state index contributed by atoms with van der Waals surface area (Å²) in [5, 5.41) is 8.02. The molecule has 0 amide bonds. The quantitative estimate of drug-likeness (QED) is 0.236. The van der Waals surface area contributed by atoms with Crippen molar-refractivity contribution in [2.45, 2.75) is 64.2 Å². The molecular weight excluding hydrogens is 442 g/mol. The first-order valence-electron chi connectivity index (χ1n) is 12.8. The van der Waals surface area contributed by atoms with Gasteiger partial charge in [-0.2, -0.15) is 0 Å². The van der Waals surface area contributed by atoms with E-state index in [-0.39, 0.29) is 5.41 Å². The highest BCUT2D eigenvalue weighted by atomic mass is 32.2. The van der Waals surface area contributed by atoms with E-state index in [0.717, 1.165) is 18.5 Å². The van der Waals surface area contributed by atoms with Crippen LogP contribution in [0, 0.1) is 18.3 Å². The van der Waals surface area contributed by atoms with Crippen LogP contribution in [0.4, 0.5) is 0 Å². The minimum atomic E-state index is 0.266. The van der Waals surface area contributed by atoms with Crippen LogP contribution in [0.1, 0.15) is 51.3 Å². The maximum atomic E-state index is 5.00. The fraction of sp³-hybridized carbons (Fsp3) is 0.303. The Morgan fingerprint density at radius 1 is 0.857 bits per heavy atom. The molecule has 0 atom stereocenters. The molecule has 0 saturated heterocycles. The molecule has 0 saturated carbocycles. The molecule has 4 aromatic carbocycles. The van der Waals surface area contributed by atoms with Gasteiger partial charge in [-0.15, -0.1) is 0 Å². The SMILES string of the molecule is Cc1ccc2c(CC(C)C)c3c(cc2c1)-c1nccc2c1c(cc1ccc(CC(C)(C)C)cc12)S3. The molecule has 2 heterocycles. The number of fused-ring (bicyclic) bond motifs is 5. The highest BCUT2D eigenvalue weighted by Crippen LogP contribution is 2.52. The largest absolute Gasteiger partial charge is 0.256 e. The fourth-order valence-corrected chi connectivity index (χ4v) is 7.01. The number of benzene rings is 4. The van der Waals surface area contributed by atoms with Crippen LogP contribution in [0.3, 0.4) is 0 Å². The number of nitrogens with zero attached hydrogens (tertiary/aromatic N) is 1. The van der Waals surface area contributed by atoms with Gasteiger partial charge in [0, 0.05) is 26.9 Å². The molecule has 0 N–H and O–H groups in total. The molecule has 1 aliphatic rings. The van der Waals surface area contributed by atoms with Crippen LogP contribution in [0.15, 0.2) is 70.6 Å². The zero-order valence-electron chi connectivity index (χ0n) is 21.6. The van der Waals surface area contributed by atoms with Crippen LogP contribution in [-0.2, 0) is 12.8 Å². The van der Waals surface area contributed by atoms with E-state index in [2.05, 4.69) is 96.1 Å².